The smallest absolute Gasteiger partial charge is 0.462 e. The number of rotatable bonds is 79. The number of esters is 4. The summed E-state index contributed by atoms with van der Waals surface area (Å²) in [4.78, 5) is 72.9. The first kappa shape index (κ1) is 96.1. The van der Waals surface area contributed by atoms with Crippen LogP contribution in [0.4, 0.5) is 0 Å². The van der Waals surface area contributed by atoms with E-state index < -0.39 is 97.5 Å². The van der Waals surface area contributed by atoms with Crippen LogP contribution in [0.2, 0.25) is 0 Å². The Morgan fingerprint density at radius 2 is 0.490 bits per heavy atom. The van der Waals surface area contributed by atoms with Crippen molar-refractivity contribution in [3.8, 4) is 0 Å². The van der Waals surface area contributed by atoms with Crippen molar-refractivity contribution in [3.63, 3.8) is 0 Å². The summed E-state index contributed by atoms with van der Waals surface area (Å²) in [6.45, 7) is 7.27. The first-order chi connectivity index (χ1) is 47.6. The third-order valence-corrected chi connectivity index (χ3v) is 20.8. The molecule has 3 N–H and O–H groups in total. The lowest BCUT2D eigenvalue weighted by Crippen LogP contribution is -2.30. The molecule has 0 amide bonds. The predicted octanol–water partition coefficient (Wildman–Crippen LogP) is 23.6. The minimum Gasteiger partial charge on any atom is -0.462 e. The Balaban J connectivity index is 5.21. The normalized spacial score (nSPS) is 14.2. The molecule has 0 aliphatic carbocycles. The maximum atomic E-state index is 13.1. The van der Waals surface area contributed by atoms with Crippen LogP contribution in [-0.4, -0.2) is 96.7 Å². The van der Waals surface area contributed by atoms with Gasteiger partial charge in [-0.2, -0.15) is 0 Å². The van der Waals surface area contributed by atoms with Crippen LogP contribution in [0.5, 0.6) is 0 Å². The number of phosphoric acid groups is 2. The quantitative estimate of drug-likeness (QED) is 0.0222. The lowest BCUT2D eigenvalue weighted by Gasteiger charge is -2.21. The summed E-state index contributed by atoms with van der Waals surface area (Å²) in [5.41, 5.74) is 0. The van der Waals surface area contributed by atoms with Gasteiger partial charge >= 0.3 is 39.5 Å². The number of hydrogen-bond acceptors (Lipinski definition) is 15. The molecule has 0 rings (SSSR count). The van der Waals surface area contributed by atoms with Crippen molar-refractivity contribution in [2.75, 3.05) is 39.6 Å². The second-order valence-corrected chi connectivity index (χ2v) is 31.6. The van der Waals surface area contributed by atoms with Crippen LogP contribution in [0.1, 0.15) is 420 Å². The molecular formula is C79H154O17P2. The van der Waals surface area contributed by atoms with E-state index in [9.17, 15) is 43.2 Å². The van der Waals surface area contributed by atoms with Gasteiger partial charge in [0.05, 0.1) is 26.4 Å². The van der Waals surface area contributed by atoms with Crippen LogP contribution in [0.3, 0.4) is 0 Å². The van der Waals surface area contributed by atoms with E-state index in [1.807, 2.05) is 0 Å². The average molecular weight is 1440 g/mol. The highest BCUT2D eigenvalue weighted by atomic mass is 31.2. The molecule has 0 aromatic heterocycles. The van der Waals surface area contributed by atoms with E-state index in [0.717, 1.165) is 102 Å². The number of aliphatic hydroxyl groups excluding tert-OH is 1. The van der Waals surface area contributed by atoms with E-state index in [-0.39, 0.29) is 25.7 Å². The molecule has 0 radical (unpaired) electrons. The van der Waals surface area contributed by atoms with Crippen LogP contribution < -0.4 is 0 Å². The molecule has 0 aliphatic heterocycles. The van der Waals surface area contributed by atoms with Crippen molar-refractivity contribution in [2.45, 2.75) is 438 Å². The monoisotopic (exact) mass is 1440 g/mol. The van der Waals surface area contributed by atoms with Gasteiger partial charge in [0.1, 0.15) is 19.3 Å². The zero-order valence-corrected chi connectivity index (χ0v) is 65.7. The van der Waals surface area contributed by atoms with Crippen molar-refractivity contribution in [1.29, 1.82) is 0 Å². The summed E-state index contributed by atoms with van der Waals surface area (Å²) >= 11 is 0. The lowest BCUT2D eigenvalue weighted by molar-refractivity contribution is -0.161. The molecule has 0 saturated carbocycles. The standard InChI is InChI=1S/C79H154O17P2/c1-6-10-13-16-19-22-25-28-30-31-32-33-34-35-37-39-42-45-48-55-60-65-79(84)95-74(68-89-76(81)62-57-52-46-43-41-38-36-29-26-23-20-17-14-11-7-2)70-93-97(85,86)91-66-73(80)67-92-98(87,88)94-71-75(69-90-77(82)63-58-53-50-49-51-56-61-72(5)9-4)96-78(83)64-59-54-47-44-40-27-24-21-18-15-12-8-3/h72-75,80H,6-71H2,1-5H3,(H,85,86)(H,87,88)/t72?,73-,74-,75-/m1/s1. The SMILES string of the molecule is CCCCCCCCCCCCCCCCCCCCCCCC(=O)O[C@H](COC(=O)CCCCCCCCCCCCCCCCC)COP(=O)(O)OC[C@@H](O)COP(=O)(O)OC[C@@H](COC(=O)CCCCCCCCC(C)CC)OC(=O)CCCCCCCCCCCCCC. The van der Waals surface area contributed by atoms with E-state index in [1.54, 1.807) is 0 Å². The van der Waals surface area contributed by atoms with Crippen LogP contribution in [0.15, 0.2) is 0 Å². The number of phosphoric ester groups is 2. The molecule has 0 saturated heterocycles. The first-order valence-corrected chi connectivity index (χ1v) is 44.2. The van der Waals surface area contributed by atoms with Gasteiger partial charge in [-0.25, -0.2) is 9.13 Å². The van der Waals surface area contributed by atoms with Crippen LogP contribution in [-0.2, 0) is 65.4 Å². The zero-order chi connectivity index (χ0) is 71.9. The number of aliphatic hydroxyl groups is 1. The molecule has 0 aromatic carbocycles. The largest absolute Gasteiger partial charge is 0.472 e. The minimum atomic E-state index is -4.96. The van der Waals surface area contributed by atoms with Gasteiger partial charge in [0.15, 0.2) is 12.2 Å². The molecule has 17 nitrogen and oxygen atoms in total. The number of carbonyl (C=O) groups is 4. The van der Waals surface area contributed by atoms with E-state index in [4.69, 9.17) is 37.0 Å². The molecule has 19 heteroatoms. The van der Waals surface area contributed by atoms with Crippen molar-refractivity contribution >= 4 is 39.5 Å². The molecule has 0 fully saturated rings. The lowest BCUT2D eigenvalue weighted by atomic mass is 10.00. The number of carbonyl (C=O) groups excluding carboxylic acids is 4. The zero-order valence-electron chi connectivity index (χ0n) is 63.9. The van der Waals surface area contributed by atoms with E-state index in [2.05, 4.69) is 34.6 Å². The fourth-order valence-electron chi connectivity index (χ4n) is 12.2. The maximum Gasteiger partial charge on any atom is 0.472 e. The van der Waals surface area contributed by atoms with Gasteiger partial charge in [-0.3, -0.25) is 37.3 Å². The summed E-state index contributed by atoms with van der Waals surface area (Å²) in [5, 5.41) is 10.6. The van der Waals surface area contributed by atoms with Crippen LogP contribution in [0, 0.1) is 5.92 Å². The summed E-state index contributed by atoms with van der Waals surface area (Å²) in [6, 6.07) is 0. The van der Waals surface area contributed by atoms with Gasteiger partial charge in [0, 0.05) is 25.7 Å². The predicted molar refractivity (Wildman–Crippen MR) is 400 cm³/mol. The molecule has 0 heterocycles. The summed E-state index contributed by atoms with van der Waals surface area (Å²) < 4.78 is 68.6. The maximum absolute atomic E-state index is 13.1. The summed E-state index contributed by atoms with van der Waals surface area (Å²) in [6.07, 6.45) is 62.5. The van der Waals surface area contributed by atoms with Gasteiger partial charge in [0.25, 0.3) is 0 Å². The Morgan fingerprint density at radius 1 is 0.286 bits per heavy atom. The van der Waals surface area contributed by atoms with Crippen molar-refractivity contribution in [1.82, 2.24) is 0 Å². The molecule has 0 spiro atoms. The molecule has 0 aliphatic rings. The first-order valence-electron chi connectivity index (χ1n) is 41.2. The second-order valence-electron chi connectivity index (χ2n) is 28.7. The second kappa shape index (κ2) is 72.0. The molecule has 98 heavy (non-hydrogen) atoms. The van der Waals surface area contributed by atoms with E-state index >= 15 is 0 Å². The fourth-order valence-corrected chi connectivity index (χ4v) is 13.8. The van der Waals surface area contributed by atoms with Crippen molar-refractivity contribution in [3.05, 3.63) is 0 Å². The number of unbranched alkanes of at least 4 members (excludes halogenated alkanes) is 50. The third-order valence-electron chi connectivity index (χ3n) is 18.9. The highest BCUT2D eigenvalue weighted by molar-refractivity contribution is 7.47. The van der Waals surface area contributed by atoms with Gasteiger partial charge in [-0.1, -0.05) is 369 Å². The highest BCUT2D eigenvalue weighted by Gasteiger charge is 2.30. The Labute approximate surface area is 600 Å². The Bertz CT molecular complexity index is 1880. The van der Waals surface area contributed by atoms with Gasteiger partial charge in [0.2, 0.25) is 0 Å². The Morgan fingerprint density at radius 3 is 0.724 bits per heavy atom. The van der Waals surface area contributed by atoms with E-state index in [0.29, 0.717) is 25.7 Å². The van der Waals surface area contributed by atoms with Gasteiger partial charge in [-0.05, 0) is 31.6 Å². The van der Waals surface area contributed by atoms with Crippen molar-refractivity contribution < 1.29 is 80.2 Å². The molecular weight excluding hydrogens is 1280 g/mol. The molecule has 0 aromatic rings. The van der Waals surface area contributed by atoms with Crippen LogP contribution in [0.25, 0.3) is 0 Å². The van der Waals surface area contributed by atoms with Crippen LogP contribution >= 0.6 is 15.6 Å². The average Bonchev–Trinajstić information content (AvgIpc) is 1.04. The molecule has 6 atom stereocenters. The summed E-state index contributed by atoms with van der Waals surface area (Å²) in [7, 11) is -9.91. The highest BCUT2D eigenvalue weighted by Crippen LogP contribution is 2.45. The van der Waals surface area contributed by atoms with Gasteiger partial charge < -0.3 is 33.8 Å². The molecule has 0 bridgehead atoms. The number of hydrogen-bond donors (Lipinski definition) is 3. The van der Waals surface area contributed by atoms with E-state index in [1.165, 1.54) is 238 Å². The Hall–Kier alpha value is -1.94. The fraction of sp³-hybridized carbons (Fsp3) is 0.949. The Kier molecular flexibility index (Phi) is 70.6. The summed E-state index contributed by atoms with van der Waals surface area (Å²) in [5.74, 6) is -1.38. The minimum absolute atomic E-state index is 0.107. The molecule has 3 unspecified atom stereocenters. The number of ether oxygens (including phenoxy) is 4. The van der Waals surface area contributed by atoms with Gasteiger partial charge in [-0.15, -0.1) is 0 Å². The topological polar surface area (TPSA) is 237 Å². The van der Waals surface area contributed by atoms with Crippen molar-refractivity contribution in [2.24, 2.45) is 5.92 Å². The molecule has 582 valence electrons. The third kappa shape index (κ3) is 71.1.